The van der Waals surface area contributed by atoms with Crippen LogP contribution in [0.25, 0.3) is 10.8 Å². The normalized spacial score (nSPS) is 10.6. The second-order valence-electron chi connectivity index (χ2n) is 5.10. The van der Waals surface area contributed by atoms with Crippen LogP contribution in [0.5, 0.6) is 0 Å². The zero-order chi connectivity index (χ0) is 15.5. The Morgan fingerprint density at radius 3 is 2.68 bits per heavy atom. The first kappa shape index (κ1) is 14.5. The highest BCUT2D eigenvalue weighted by atomic mass is 35.5. The molecule has 0 unspecified atom stereocenters. The minimum Gasteiger partial charge on any atom is -0.347 e. The largest absolute Gasteiger partial charge is 0.347 e. The quantitative estimate of drug-likeness (QED) is 0.790. The van der Waals surface area contributed by atoms with Crippen molar-refractivity contribution in [1.29, 1.82) is 0 Å². The lowest BCUT2D eigenvalue weighted by molar-refractivity contribution is 0.0946. The molecule has 3 nitrogen and oxygen atoms in total. The third-order valence-electron chi connectivity index (χ3n) is 3.52. The molecule has 0 aliphatic heterocycles. The summed E-state index contributed by atoms with van der Waals surface area (Å²) in [4.78, 5) is 16.7. The van der Waals surface area contributed by atoms with E-state index in [1.165, 1.54) is 0 Å². The Labute approximate surface area is 133 Å². The summed E-state index contributed by atoms with van der Waals surface area (Å²) in [6, 6.07) is 17.2. The maximum absolute atomic E-state index is 12.3. The van der Waals surface area contributed by atoms with Gasteiger partial charge in [-0.3, -0.25) is 4.79 Å². The molecule has 0 radical (unpaired) electrons. The molecule has 0 aliphatic carbocycles. The highest BCUT2D eigenvalue weighted by Crippen LogP contribution is 2.26. The number of amides is 1. The molecule has 0 spiro atoms. The molecule has 0 aliphatic rings. The molecule has 1 heterocycles. The highest BCUT2D eigenvalue weighted by molar-refractivity contribution is 6.35. The van der Waals surface area contributed by atoms with Gasteiger partial charge in [-0.15, -0.1) is 0 Å². The van der Waals surface area contributed by atoms with Crippen molar-refractivity contribution >= 4 is 28.3 Å². The molecule has 4 heteroatoms. The topological polar surface area (TPSA) is 42.0 Å². The van der Waals surface area contributed by atoms with E-state index in [1.807, 2.05) is 55.5 Å². The lowest BCUT2D eigenvalue weighted by Crippen LogP contribution is -2.24. The van der Waals surface area contributed by atoms with Crippen LogP contribution in [0.2, 0.25) is 5.02 Å². The number of nitrogens with zero attached hydrogens (tertiary/aromatic N) is 1. The number of carbonyl (C=O) groups is 1. The maximum atomic E-state index is 12.3. The van der Waals surface area contributed by atoms with E-state index >= 15 is 0 Å². The van der Waals surface area contributed by atoms with E-state index in [-0.39, 0.29) is 5.91 Å². The minimum atomic E-state index is -0.186. The van der Waals surface area contributed by atoms with Gasteiger partial charge in [-0.1, -0.05) is 54.1 Å². The van der Waals surface area contributed by atoms with Crippen molar-refractivity contribution in [3.05, 3.63) is 76.6 Å². The van der Waals surface area contributed by atoms with Gasteiger partial charge in [0, 0.05) is 17.6 Å². The van der Waals surface area contributed by atoms with Crippen LogP contribution in [-0.4, -0.2) is 10.9 Å². The van der Waals surface area contributed by atoms with Crippen LogP contribution in [0.1, 0.15) is 21.7 Å². The fourth-order valence-electron chi connectivity index (χ4n) is 2.44. The van der Waals surface area contributed by atoms with E-state index in [0.717, 1.165) is 22.0 Å². The molecule has 3 rings (SSSR count). The van der Waals surface area contributed by atoms with Gasteiger partial charge in [-0.25, -0.2) is 4.98 Å². The number of hydrogen-bond acceptors (Lipinski definition) is 2. The monoisotopic (exact) mass is 310 g/mol. The summed E-state index contributed by atoms with van der Waals surface area (Å²) in [6.07, 6.45) is 0. The molecule has 22 heavy (non-hydrogen) atoms. The van der Waals surface area contributed by atoms with Crippen LogP contribution in [0, 0.1) is 6.92 Å². The van der Waals surface area contributed by atoms with Gasteiger partial charge in [-0.05, 0) is 30.0 Å². The number of benzene rings is 2. The number of nitrogens with one attached hydrogen (secondary N) is 1. The van der Waals surface area contributed by atoms with Crippen LogP contribution < -0.4 is 5.32 Å². The lowest BCUT2D eigenvalue weighted by atomic mass is 10.1. The van der Waals surface area contributed by atoms with Crippen LogP contribution in [0.3, 0.4) is 0 Å². The van der Waals surface area contributed by atoms with E-state index < -0.39 is 0 Å². The molecule has 1 N–H and O–H groups in total. The fourth-order valence-corrected chi connectivity index (χ4v) is 2.76. The standard InChI is InChI=1S/C18H15ClN2O/c1-12-17-14(8-5-9-15(17)19)10-16(21-12)18(22)20-11-13-6-3-2-4-7-13/h2-10H,11H2,1H3,(H,20,22). The van der Waals surface area contributed by atoms with E-state index in [2.05, 4.69) is 10.3 Å². The number of hydrogen-bond donors (Lipinski definition) is 1. The molecule has 0 atom stereocenters. The molecular weight excluding hydrogens is 296 g/mol. The lowest BCUT2D eigenvalue weighted by Gasteiger charge is -2.09. The van der Waals surface area contributed by atoms with Gasteiger partial charge in [0.2, 0.25) is 0 Å². The Morgan fingerprint density at radius 1 is 1.14 bits per heavy atom. The van der Waals surface area contributed by atoms with Gasteiger partial charge in [0.25, 0.3) is 5.91 Å². The van der Waals surface area contributed by atoms with E-state index in [0.29, 0.717) is 17.3 Å². The summed E-state index contributed by atoms with van der Waals surface area (Å²) in [6.45, 7) is 2.34. The van der Waals surface area contributed by atoms with Crippen LogP contribution in [-0.2, 0) is 6.54 Å². The molecule has 0 bridgehead atoms. The number of aryl methyl sites for hydroxylation is 1. The summed E-state index contributed by atoms with van der Waals surface area (Å²) in [7, 11) is 0. The van der Waals surface area contributed by atoms with Crippen molar-refractivity contribution in [3.8, 4) is 0 Å². The van der Waals surface area contributed by atoms with Gasteiger partial charge >= 0.3 is 0 Å². The zero-order valence-corrected chi connectivity index (χ0v) is 12.9. The summed E-state index contributed by atoms with van der Waals surface area (Å²) in [5, 5.41) is 5.35. The Balaban J connectivity index is 1.85. The average Bonchev–Trinajstić information content (AvgIpc) is 2.53. The molecule has 1 aromatic heterocycles. The van der Waals surface area contributed by atoms with Crippen LogP contribution >= 0.6 is 11.6 Å². The predicted octanol–water partition coefficient (Wildman–Crippen LogP) is 4.13. The Morgan fingerprint density at radius 2 is 1.91 bits per heavy atom. The average molecular weight is 311 g/mol. The van der Waals surface area contributed by atoms with E-state index in [4.69, 9.17) is 11.6 Å². The second kappa shape index (κ2) is 6.16. The molecule has 0 saturated heterocycles. The summed E-state index contributed by atoms with van der Waals surface area (Å²) < 4.78 is 0. The van der Waals surface area contributed by atoms with Crippen LogP contribution in [0.15, 0.2) is 54.6 Å². The number of pyridine rings is 1. The zero-order valence-electron chi connectivity index (χ0n) is 12.1. The molecule has 2 aromatic carbocycles. The fraction of sp³-hybridized carbons (Fsp3) is 0.111. The minimum absolute atomic E-state index is 0.186. The first-order chi connectivity index (χ1) is 10.6. The number of rotatable bonds is 3. The van der Waals surface area contributed by atoms with E-state index in [9.17, 15) is 4.79 Å². The highest BCUT2D eigenvalue weighted by Gasteiger charge is 2.11. The molecular formula is C18H15ClN2O. The predicted molar refractivity (Wildman–Crippen MR) is 89.1 cm³/mol. The SMILES string of the molecule is Cc1nc(C(=O)NCc2ccccc2)cc2cccc(Cl)c12. The smallest absolute Gasteiger partial charge is 0.270 e. The van der Waals surface area contributed by atoms with Crippen molar-refractivity contribution in [3.63, 3.8) is 0 Å². The summed E-state index contributed by atoms with van der Waals surface area (Å²) in [5.74, 6) is -0.186. The number of aromatic nitrogens is 1. The van der Waals surface area contributed by atoms with Gasteiger partial charge < -0.3 is 5.32 Å². The molecule has 0 fully saturated rings. The Hall–Kier alpha value is -2.39. The van der Waals surface area contributed by atoms with Crippen molar-refractivity contribution in [2.75, 3.05) is 0 Å². The van der Waals surface area contributed by atoms with Gasteiger partial charge in [0.15, 0.2) is 0 Å². The van der Waals surface area contributed by atoms with Gasteiger partial charge in [0.05, 0.1) is 5.02 Å². The van der Waals surface area contributed by atoms with Gasteiger partial charge in [0.1, 0.15) is 5.69 Å². The number of fused-ring (bicyclic) bond motifs is 1. The Bertz CT molecular complexity index is 831. The van der Waals surface area contributed by atoms with Crippen LogP contribution in [0.4, 0.5) is 0 Å². The second-order valence-corrected chi connectivity index (χ2v) is 5.51. The first-order valence-electron chi connectivity index (χ1n) is 7.03. The Kier molecular flexibility index (Phi) is 4.07. The van der Waals surface area contributed by atoms with Crippen molar-refractivity contribution < 1.29 is 4.79 Å². The molecule has 1 amide bonds. The third-order valence-corrected chi connectivity index (χ3v) is 3.83. The summed E-state index contributed by atoms with van der Waals surface area (Å²) in [5.41, 5.74) is 2.22. The molecule has 0 saturated carbocycles. The summed E-state index contributed by atoms with van der Waals surface area (Å²) >= 11 is 6.19. The number of halogens is 1. The maximum Gasteiger partial charge on any atom is 0.270 e. The van der Waals surface area contributed by atoms with Crippen molar-refractivity contribution in [1.82, 2.24) is 10.3 Å². The van der Waals surface area contributed by atoms with E-state index in [1.54, 1.807) is 6.07 Å². The first-order valence-corrected chi connectivity index (χ1v) is 7.41. The molecule has 3 aromatic rings. The van der Waals surface area contributed by atoms with Gasteiger partial charge in [-0.2, -0.15) is 0 Å². The third kappa shape index (κ3) is 2.95. The van der Waals surface area contributed by atoms with Crippen molar-refractivity contribution in [2.24, 2.45) is 0 Å². The number of carbonyl (C=O) groups excluding carboxylic acids is 1. The van der Waals surface area contributed by atoms with Crippen molar-refractivity contribution in [2.45, 2.75) is 13.5 Å². The molecule has 110 valence electrons.